The van der Waals surface area contributed by atoms with Crippen LogP contribution in [0.15, 0.2) is 54.6 Å². The van der Waals surface area contributed by atoms with Crippen molar-refractivity contribution >= 4 is 18.3 Å². The number of nitrogens with one attached hydrogen (secondary N) is 1. The van der Waals surface area contributed by atoms with Crippen molar-refractivity contribution in [2.24, 2.45) is 5.73 Å². The molecule has 0 radical (unpaired) electrons. The molecular weight excluding hydrogens is 308 g/mol. The zero-order valence-corrected chi connectivity index (χ0v) is 13.9. The van der Waals surface area contributed by atoms with Gasteiger partial charge >= 0.3 is 0 Å². The molecule has 0 aliphatic heterocycles. The van der Waals surface area contributed by atoms with E-state index < -0.39 is 0 Å². The van der Waals surface area contributed by atoms with Crippen molar-refractivity contribution in [2.45, 2.75) is 31.2 Å². The van der Waals surface area contributed by atoms with Crippen molar-refractivity contribution in [3.63, 3.8) is 0 Å². The van der Waals surface area contributed by atoms with Gasteiger partial charge in [-0.1, -0.05) is 55.3 Å². The maximum Gasteiger partial charge on any atom is 0.251 e. The van der Waals surface area contributed by atoms with Gasteiger partial charge in [0.2, 0.25) is 0 Å². The lowest BCUT2D eigenvalue weighted by Gasteiger charge is -2.28. The molecule has 1 aliphatic carbocycles. The highest BCUT2D eigenvalue weighted by atomic mass is 35.5. The maximum atomic E-state index is 12.4. The minimum atomic E-state index is -0.199. The van der Waals surface area contributed by atoms with Crippen LogP contribution in [0.4, 0.5) is 0 Å². The molecule has 2 aromatic carbocycles. The molecule has 3 nitrogen and oxygen atoms in total. The molecule has 0 aromatic heterocycles. The SMILES string of the molecule is Cl.NCC1(NC(=O)c2ccc(-c3ccccc3)cc2)CCCC1. The molecule has 0 atom stereocenters. The van der Waals surface area contributed by atoms with Crippen LogP contribution in [0, 0.1) is 0 Å². The molecule has 1 fully saturated rings. The molecule has 3 rings (SSSR count). The first-order chi connectivity index (χ1) is 10.7. The second-order valence-corrected chi connectivity index (χ2v) is 6.09. The van der Waals surface area contributed by atoms with Crippen LogP contribution in [0.25, 0.3) is 11.1 Å². The van der Waals surface area contributed by atoms with Crippen molar-refractivity contribution in [1.82, 2.24) is 5.32 Å². The fourth-order valence-corrected chi connectivity index (χ4v) is 3.19. The number of rotatable bonds is 4. The quantitative estimate of drug-likeness (QED) is 0.896. The molecule has 3 N–H and O–H groups in total. The van der Waals surface area contributed by atoms with E-state index in [2.05, 4.69) is 17.4 Å². The van der Waals surface area contributed by atoms with Gasteiger partial charge in [0.1, 0.15) is 0 Å². The van der Waals surface area contributed by atoms with Crippen LogP contribution in [0.3, 0.4) is 0 Å². The van der Waals surface area contributed by atoms with Crippen LogP contribution < -0.4 is 11.1 Å². The van der Waals surface area contributed by atoms with E-state index in [-0.39, 0.29) is 23.9 Å². The van der Waals surface area contributed by atoms with Crippen LogP contribution in [-0.4, -0.2) is 18.0 Å². The Kier molecular flexibility index (Phi) is 5.80. The van der Waals surface area contributed by atoms with Gasteiger partial charge < -0.3 is 11.1 Å². The highest BCUT2D eigenvalue weighted by Gasteiger charge is 2.33. The third-order valence-corrected chi connectivity index (χ3v) is 4.58. The summed E-state index contributed by atoms with van der Waals surface area (Å²) in [5, 5.41) is 3.15. The predicted octanol–water partition coefficient (Wildman–Crippen LogP) is 3.78. The summed E-state index contributed by atoms with van der Waals surface area (Å²) >= 11 is 0. The molecule has 4 heteroatoms. The van der Waals surface area contributed by atoms with Gasteiger partial charge in [-0.3, -0.25) is 4.79 Å². The molecular formula is C19H23ClN2O. The van der Waals surface area contributed by atoms with Gasteiger partial charge in [0.25, 0.3) is 5.91 Å². The Bertz CT molecular complexity index is 634. The van der Waals surface area contributed by atoms with Gasteiger partial charge in [0.05, 0.1) is 5.54 Å². The zero-order chi connectivity index (χ0) is 15.4. The van der Waals surface area contributed by atoms with Crippen molar-refractivity contribution in [3.05, 3.63) is 60.2 Å². The van der Waals surface area contributed by atoms with Gasteiger partial charge in [-0.2, -0.15) is 0 Å². The summed E-state index contributed by atoms with van der Waals surface area (Å²) in [6.45, 7) is 0.515. The van der Waals surface area contributed by atoms with Crippen LogP contribution >= 0.6 is 12.4 Å². The maximum absolute atomic E-state index is 12.4. The van der Waals surface area contributed by atoms with Crippen molar-refractivity contribution < 1.29 is 4.79 Å². The van der Waals surface area contributed by atoms with Gasteiger partial charge in [-0.25, -0.2) is 0 Å². The van der Waals surface area contributed by atoms with E-state index in [1.807, 2.05) is 42.5 Å². The molecule has 0 bridgehead atoms. The summed E-state index contributed by atoms with van der Waals surface area (Å²) in [7, 11) is 0. The lowest BCUT2D eigenvalue weighted by molar-refractivity contribution is 0.0903. The molecule has 1 saturated carbocycles. The zero-order valence-electron chi connectivity index (χ0n) is 13.1. The van der Waals surface area contributed by atoms with E-state index in [1.54, 1.807) is 0 Å². The van der Waals surface area contributed by atoms with Crippen molar-refractivity contribution in [2.75, 3.05) is 6.54 Å². The summed E-state index contributed by atoms with van der Waals surface area (Å²) in [4.78, 5) is 12.4. The molecule has 23 heavy (non-hydrogen) atoms. The smallest absolute Gasteiger partial charge is 0.251 e. The van der Waals surface area contributed by atoms with E-state index in [0.29, 0.717) is 12.1 Å². The second-order valence-electron chi connectivity index (χ2n) is 6.09. The highest BCUT2D eigenvalue weighted by Crippen LogP contribution is 2.29. The molecule has 0 saturated heterocycles. The number of hydrogen-bond acceptors (Lipinski definition) is 2. The third kappa shape index (κ3) is 3.92. The summed E-state index contributed by atoms with van der Waals surface area (Å²) in [5.41, 5.74) is 8.65. The van der Waals surface area contributed by atoms with E-state index in [9.17, 15) is 4.79 Å². The van der Waals surface area contributed by atoms with Gasteiger partial charge in [-0.05, 0) is 36.1 Å². The lowest BCUT2D eigenvalue weighted by Crippen LogP contribution is -2.51. The molecule has 1 aliphatic rings. The standard InChI is InChI=1S/C19H22N2O.ClH/c20-14-19(12-4-5-13-19)21-18(22)17-10-8-16(9-11-17)15-6-2-1-3-7-15;/h1-3,6-11H,4-5,12-14,20H2,(H,21,22);1H. The molecule has 2 aromatic rings. The van der Waals surface area contributed by atoms with Crippen LogP contribution in [0.2, 0.25) is 0 Å². The normalized spacial score (nSPS) is 15.7. The summed E-state index contributed by atoms with van der Waals surface area (Å²) in [6.07, 6.45) is 4.25. The highest BCUT2D eigenvalue weighted by molar-refractivity contribution is 5.95. The first-order valence-electron chi connectivity index (χ1n) is 7.91. The Morgan fingerprint density at radius 1 is 0.957 bits per heavy atom. The molecule has 0 spiro atoms. The first-order valence-corrected chi connectivity index (χ1v) is 7.91. The van der Waals surface area contributed by atoms with Crippen LogP contribution in [-0.2, 0) is 0 Å². The lowest BCUT2D eigenvalue weighted by atomic mass is 9.97. The Morgan fingerprint density at radius 3 is 2.09 bits per heavy atom. The average molecular weight is 331 g/mol. The predicted molar refractivity (Wildman–Crippen MR) is 96.8 cm³/mol. The number of amides is 1. The number of halogens is 1. The average Bonchev–Trinajstić information content (AvgIpc) is 3.05. The minimum Gasteiger partial charge on any atom is -0.345 e. The number of hydrogen-bond donors (Lipinski definition) is 2. The summed E-state index contributed by atoms with van der Waals surface area (Å²) < 4.78 is 0. The van der Waals surface area contributed by atoms with E-state index >= 15 is 0 Å². The molecule has 0 heterocycles. The second kappa shape index (κ2) is 7.62. The first kappa shape index (κ1) is 17.5. The van der Waals surface area contributed by atoms with E-state index in [1.165, 1.54) is 0 Å². The number of carbonyl (C=O) groups excluding carboxylic acids is 1. The fourth-order valence-electron chi connectivity index (χ4n) is 3.19. The molecule has 1 amide bonds. The third-order valence-electron chi connectivity index (χ3n) is 4.58. The monoisotopic (exact) mass is 330 g/mol. The largest absolute Gasteiger partial charge is 0.345 e. The molecule has 0 unspecified atom stereocenters. The summed E-state index contributed by atoms with van der Waals surface area (Å²) in [5.74, 6) is -0.0213. The Morgan fingerprint density at radius 2 is 1.52 bits per heavy atom. The van der Waals surface area contributed by atoms with Crippen molar-refractivity contribution in [1.29, 1.82) is 0 Å². The fraction of sp³-hybridized carbons (Fsp3) is 0.316. The molecule has 122 valence electrons. The van der Waals surface area contributed by atoms with Gasteiger partial charge in [0, 0.05) is 12.1 Å². The van der Waals surface area contributed by atoms with E-state index in [0.717, 1.165) is 36.8 Å². The Labute approximate surface area is 143 Å². The van der Waals surface area contributed by atoms with Crippen LogP contribution in [0.1, 0.15) is 36.0 Å². The topological polar surface area (TPSA) is 55.1 Å². The van der Waals surface area contributed by atoms with Gasteiger partial charge in [0.15, 0.2) is 0 Å². The number of nitrogens with two attached hydrogens (primary N) is 1. The van der Waals surface area contributed by atoms with E-state index in [4.69, 9.17) is 5.73 Å². The number of carbonyl (C=O) groups is 1. The number of benzene rings is 2. The minimum absolute atomic E-state index is 0. The Balaban J connectivity index is 0.00000192. The van der Waals surface area contributed by atoms with Gasteiger partial charge in [-0.15, -0.1) is 12.4 Å². The Hall–Kier alpha value is -1.84. The van der Waals surface area contributed by atoms with Crippen LogP contribution in [0.5, 0.6) is 0 Å². The summed E-state index contributed by atoms with van der Waals surface area (Å²) in [6, 6.07) is 17.9. The van der Waals surface area contributed by atoms with Crippen molar-refractivity contribution in [3.8, 4) is 11.1 Å².